The Kier molecular flexibility index (Phi) is 6.12. The Labute approximate surface area is 207 Å². The number of halogens is 2. The van der Waals surface area contributed by atoms with Crippen molar-refractivity contribution in [1.29, 1.82) is 0 Å². The number of hydrogen-bond acceptors (Lipinski definition) is 4. The van der Waals surface area contributed by atoms with E-state index < -0.39 is 0 Å². The SMILES string of the molecule is CSc1nc2c(c(=O)n1C)C(c1ccc(Cl)cc1)C1=C(N2)/C(=C/c2ccc(Cl)cc2)CCC1. The Morgan fingerprint density at radius 2 is 1.73 bits per heavy atom. The first-order chi connectivity index (χ1) is 16.0. The number of benzene rings is 2. The number of rotatable bonds is 3. The molecule has 4 nitrogen and oxygen atoms in total. The van der Waals surface area contributed by atoms with Gasteiger partial charge in [0, 0.05) is 28.7 Å². The number of nitrogens with one attached hydrogen (secondary N) is 1. The Hall–Kier alpha value is -2.47. The smallest absolute Gasteiger partial charge is 0.260 e. The second kappa shape index (κ2) is 9.05. The first-order valence-corrected chi connectivity index (χ1v) is 12.8. The van der Waals surface area contributed by atoms with E-state index in [0.717, 1.165) is 41.1 Å². The number of hydrogen-bond donors (Lipinski definition) is 1. The van der Waals surface area contributed by atoms with Crippen LogP contribution in [0.25, 0.3) is 6.08 Å². The molecule has 1 atom stereocenters. The van der Waals surface area contributed by atoms with Gasteiger partial charge in [0.25, 0.3) is 5.56 Å². The molecule has 2 heterocycles. The molecule has 5 rings (SSSR count). The number of allylic oxidation sites excluding steroid dienone is 2. The van der Waals surface area contributed by atoms with Crippen LogP contribution in [0, 0.1) is 0 Å². The molecule has 1 N–H and O–H groups in total. The minimum Gasteiger partial charge on any atom is -0.340 e. The molecule has 1 aliphatic carbocycles. The summed E-state index contributed by atoms with van der Waals surface area (Å²) in [5.41, 5.74) is 6.36. The molecule has 0 spiro atoms. The molecule has 7 heteroatoms. The molecule has 0 amide bonds. The van der Waals surface area contributed by atoms with Crippen molar-refractivity contribution in [3.8, 4) is 0 Å². The fourth-order valence-electron chi connectivity index (χ4n) is 4.73. The lowest BCUT2D eigenvalue weighted by atomic mass is 9.75. The molecule has 1 unspecified atom stereocenters. The predicted octanol–water partition coefficient (Wildman–Crippen LogP) is 6.89. The van der Waals surface area contributed by atoms with Gasteiger partial charge >= 0.3 is 0 Å². The highest BCUT2D eigenvalue weighted by Crippen LogP contribution is 2.47. The second-order valence-corrected chi connectivity index (χ2v) is 9.96. The standard InChI is InChI=1S/C26H23Cl2N3OS/c1-31-25(32)22-21(16-8-12-19(28)13-9-16)20-5-3-4-17(14-15-6-10-18(27)11-7-15)23(20)29-24(22)30-26(31)33-2/h6-14,21,29H,3-5H2,1-2H3/b17-14+. The lowest BCUT2D eigenvalue weighted by molar-refractivity contribution is 0.656. The molecule has 0 fully saturated rings. The normalized spacial score (nSPS) is 18.7. The van der Waals surface area contributed by atoms with Gasteiger partial charge in [-0.25, -0.2) is 4.98 Å². The van der Waals surface area contributed by atoms with Gasteiger partial charge in [-0.15, -0.1) is 0 Å². The average molecular weight is 496 g/mol. The van der Waals surface area contributed by atoms with Crippen molar-refractivity contribution in [3.05, 3.63) is 102 Å². The van der Waals surface area contributed by atoms with E-state index in [1.807, 2.05) is 54.8 Å². The molecule has 3 aromatic rings. The van der Waals surface area contributed by atoms with Crippen LogP contribution in [0.5, 0.6) is 0 Å². The molecule has 2 aromatic carbocycles. The molecule has 168 valence electrons. The molecule has 0 radical (unpaired) electrons. The zero-order valence-corrected chi connectivity index (χ0v) is 20.7. The summed E-state index contributed by atoms with van der Waals surface area (Å²) in [5.74, 6) is 0.481. The summed E-state index contributed by atoms with van der Waals surface area (Å²) >= 11 is 13.7. The summed E-state index contributed by atoms with van der Waals surface area (Å²) in [6.07, 6.45) is 7.04. The summed E-state index contributed by atoms with van der Waals surface area (Å²) in [4.78, 5) is 18.4. The number of aromatic nitrogens is 2. The lowest BCUT2D eigenvalue weighted by Gasteiger charge is -2.35. The zero-order chi connectivity index (χ0) is 23.1. The lowest BCUT2D eigenvalue weighted by Crippen LogP contribution is -2.33. The summed E-state index contributed by atoms with van der Waals surface area (Å²) < 4.78 is 1.65. The number of thioether (sulfide) groups is 1. The van der Waals surface area contributed by atoms with Crippen molar-refractivity contribution in [2.75, 3.05) is 11.6 Å². The highest BCUT2D eigenvalue weighted by atomic mass is 35.5. The Balaban J connectivity index is 1.72. The molecule has 33 heavy (non-hydrogen) atoms. The van der Waals surface area contributed by atoms with Crippen LogP contribution in [0.1, 0.15) is 41.9 Å². The van der Waals surface area contributed by atoms with E-state index in [2.05, 4.69) is 11.4 Å². The molecule has 0 saturated carbocycles. The Morgan fingerprint density at radius 1 is 1.06 bits per heavy atom. The average Bonchev–Trinajstić information content (AvgIpc) is 2.82. The van der Waals surface area contributed by atoms with Crippen LogP contribution < -0.4 is 10.9 Å². The van der Waals surface area contributed by atoms with Gasteiger partial charge < -0.3 is 5.32 Å². The molecule has 1 aromatic heterocycles. The Bertz CT molecular complexity index is 1340. The van der Waals surface area contributed by atoms with Crippen molar-refractivity contribution in [2.45, 2.75) is 30.3 Å². The monoisotopic (exact) mass is 495 g/mol. The van der Waals surface area contributed by atoms with E-state index in [-0.39, 0.29) is 11.5 Å². The van der Waals surface area contributed by atoms with Gasteiger partial charge in [0.2, 0.25) is 0 Å². The third-order valence-corrected chi connectivity index (χ3v) is 7.53. The maximum absolute atomic E-state index is 13.5. The van der Waals surface area contributed by atoms with Crippen molar-refractivity contribution in [2.24, 2.45) is 7.05 Å². The summed E-state index contributed by atoms with van der Waals surface area (Å²) in [7, 11) is 1.79. The largest absolute Gasteiger partial charge is 0.340 e. The van der Waals surface area contributed by atoms with Gasteiger partial charge in [0.15, 0.2) is 5.16 Å². The van der Waals surface area contributed by atoms with Crippen LogP contribution in [-0.4, -0.2) is 15.8 Å². The van der Waals surface area contributed by atoms with E-state index in [1.54, 1.807) is 11.6 Å². The number of anilines is 1. The maximum atomic E-state index is 13.5. The van der Waals surface area contributed by atoms with E-state index in [4.69, 9.17) is 28.2 Å². The molecular formula is C26H23Cl2N3OS. The Morgan fingerprint density at radius 3 is 2.39 bits per heavy atom. The van der Waals surface area contributed by atoms with Gasteiger partial charge in [0.05, 0.1) is 5.56 Å². The van der Waals surface area contributed by atoms with Gasteiger partial charge in [-0.05, 0) is 78.1 Å². The third kappa shape index (κ3) is 4.14. The minimum absolute atomic E-state index is 0.0165. The van der Waals surface area contributed by atoms with E-state index in [9.17, 15) is 4.79 Å². The number of nitrogens with zero attached hydrogens (tertiary/aromatic N) is 2. The van der Waals surface area contributed by atoms with Gasteiger partial charge in [-0.3, -0.25) is 9.36 Å². The quantitative estimate of drug-likeness (QED) is 0.317. The zero-order valence-electron chi connectivity index (χ0n) is 18.4. The van der Waals surface area contributed by atoms with Crippen LogP contribution in [0.4, 0.5) is 5.82 Å². The van der Waals surface area contributed by atoms with Gasteiger partial charge in [-0.1, -0.05) is 59.2 Å². The van der Waals surface area contributed by atoms with Crippen molar-refractivity contribution >= 4 is 46.9 Å². The fraction of sp³-hybridized carbons (Fsp3) is 0.231. The molecule has 2 aliphatic rings. The van der Waals surface area contributed by atoms with Crippen molar-refractivity contribution < 1.29 is 0 Å². The van der Waals surface area contributed by atoms with E-state index in [1.165, 1.54) is 22.9 Å². The maximum Gasteiger partial charge on any atom is 0.260 e. The van der Waals surface area contributed by atoms with E-state index in [0.29, 0.717) is 21.6 Å². The van der Waals surface area contributed by atoms with E-state index >= 15 is 0 Å². The van der Waals surface area contributed by atoms with Crippen LogP contribution in [0.3, 0.4) is 0 Å². The highest BCUT2D eigenvalue weighted by molar-refractivity contribution is 7.98. The fourth-order valence-corrected chi connectivity index (χ4v) is 5.52. The van der Waals surface area contributed by atoms with Crippen LogP contribution in [0.2, 0.25) is 10.0 Å². The van der Waals surface area contributed by atoms with Crippen LogP contribution in [0.15, 0.2) is 75.3 Å². The predicted molar refractivity (Wildman–Crippen MR) is 138 cm³/mol. The molecule has 0 bridgehead atoms. The van der Waals surface area contributed by atoms with Gasteiger partial charge in [0.1, 0.15) is 5.82 Å². The molecule has 0 saturated heterocycles. The first-order valence-electron chi connectivity index (χ1n) is 10.8. The second-order valence-electron chi connectivity index (χ2n) is 8.31. The minimum atomic E-state index is -0.162. The highest BCUT2D eigenvalue weighted by Gasteiger charge is 2.36. The van der Waals surface area contributed by atoms with Crippen LogP contribution >= 0.6 is 35.0 Å². The summed E-state index contributed by atoms with van der Waals surface area (Å²) in [6, 6.07) is 15.7. The molecule has 1 aliphatic heterocycles. The topological polar surface area (TPSA) is 46.9 Å². The third-order valence-electron chi connectivity index (χ3n) is 6.30. The first kappa shape index (κ1) is 22.3. The van der Waals surface area contributed by atoms with Crippen LogP contribution in [-0.2, 0) is 7.05 Å². The summed E-state index contributed by atoms with van der Waals surface area (Å²) in [5, 5.41) is 5.64. The van der Waals surface area contributed by atoms with Gasteiger partial charge in [-0.2, -0.15) is 0 Å². The van der Waals surface area contributed by atoms with Crippen molar-refractivity contribution in [3.63, 3.8) is 0 Å². The number of fused-ring (bicyclic) bond motifs is 1. The molecular weight excluding hydrogens is 473 g/mol. The summed E-state index contributed by atoms with van der Waals surface area (Å²) in [6.45, 7) is 0. The van der Waals surface area contributed by atoms with Crippen molar-refractivity contribution in [1.82, 2.24) is 9.55 Å².